The predicted molar refractivity (Wildman–Crippen MR) is 94.1 cm³/mol. The van der Waals surface area contributed by atoms with Crippen molar-refractivity contribution in [3.05, 3.63) is 35.9 Å². The average Bonchev–Trinajstić information content (AvgIpc) is 2.51. The molecule has 0 spiro atoms. The first-order valence-corrected chi connectivity index (χ1v) is 8.55. The number of aryl methyl sites for hydroxylation is 1. The summed E-state index contributed by atoms with van der Waals surface area (Å²) < 4.78 is 0. The normalized spacial score (nSPS) is 10.6. The van der Waals surface area contributed by atoms with Crippen molar-refractivity contribution in [2.75, 3.05) is 19.6 Å². The molecule has 23 heavy (non-hydrogen) atoms. The molecule has 4 heteroatoms. The van der Waals surface area contributed by atoms with Crippen molar-refractivity contribution in [2.24, 2.45) is 5.92 Å². The topological polar surface area (TPSA) is 49.4 Å². The standard InChI is InChI=1S/C19H30N2O2/c1-16(2)11-13-20-19(23)12-15-21(17(3)22)14-7-10-18-8-5-4-6-9-18/h4-6,8-9,16H,7,10-15H2,1-3H3,(H,20,23). The Hall–Kier alpha value is -1.84. The lowest BCUT2D eigenvalue weighted by molar-refractivity contribution is -0.129. The molecular formula is C19H30N2O2. The maximum Gasteiger partial charge on any atom is 0.221 e. The Balaban J connectivity index is 2.26. The number of hydrogen-bond donors (Lipinski definition) is 1. The summed E-state index contributed by atoms with van der Waals surface area (Å²) in [6, 6.07) is 10.3. The van der Waals surface area contributed by atoms with Gasteiger partial charge in [0.2, 0.25) is 11.8 Å². The van der Waals surface area contributed by atoms with Gasteiger partial charge in [-0.15, -0.1) is 0 Å². The van der Waals surface area contributed by atoms with E-state index in [4.69, 9.17) is 0 Å². The number of nitrogens with zero attached hydrogens (tertiary/aromatic N) is 1. The van der Waals surface area contributed by atoms with Crippen LogP contribution in [0.15, 0.2) is 30.3 Å². The van der Waals surface area contributed by atoms with Gasteiger partial charge in [0, 0.05) is 33.0 Å². The Bertz CT molecular complexity index is 472. The van der Waals surface area contributed by atoms with E-state index in [-0.39, 0.29) is 11.8 Å². The largest absolute Gasteiger partial charge is 0.356 e. The molecule has 0 aromatic heterocycles. The van der Waals surface area contributed by atoms with Crippen molar-refractivity contribution >= 4 is 11.8 Å². The van der Waals surface area contributed by atoms with E-state index in [1.165, 1.54) is 5.56 Å². The van der Waals surface area contributed by atoms with Crippen molar-refractivity contribution in [3.8, 4) is 0 Å². The maximum atomic E-state index is 11.8. The second-order valence-corrected chi connectivity index (χ2v) is 6.38. The van der Waals surface area contributed by atoms with Gasteiger partial charge < -0.3 is 10.2 Å². The molecule has 0 unspecified atom stereocenters. The van der Waals surface area contributed by atoms with Gasteiger partial charge in [-0.05, 0) is 30.7 Å². The van der Waals surface area contributed by atoms with E-state index in [9.17, 15) is 9.59 Å². The van der Waals surface area contributed by atoms with Crippen LogP contribution in [0.4, 0.5) is 0 Å². The first-order valence-electron chi connectivity index (χ1n) is 8.55. The second kappa shape index (κ2) is 10.8. The molecule has 0 aliphatic carbocycles. The van der Waals surface area contributed by atoms with Gasteiger partial charge in [-0.3, -0.25) is 9.59 Å². The molecular weight excluding hydrogens is 288 g/mol. The molecule has 0 heterocycles. The Morgan fingerprint density at radius 3 is 2.43 bits per heavy atom. The number of carbonyl (C=O) groups is 2. The Morgan fingerprint density at radius 1 is 1.13 bits per heavy atom. The fraction of sp³-hybridized carbons (Fsp3) is 0.579. The number of benzene rings is 1. The van der Waals surface area contributed by atoms with Crippen molar-refractivity contribution in [1.29, 1.82) is 0 Å². The van der Waals surface area contributed by atoms with Crippen LogP contribution in [0.1, 0.15) is 45.6 Å². The summed E-state index contributed by atoms with van der Waals surface area (Å²) in [5.74, 6) is 0.648. The first-order chi connectivity index (χ1) is 11.0. The lowest BCUT2D eigenvalue weighted by Gasteiger charge is -2.21. The van der Waals surface area contributed by atoms with Crippen LogP contribution in [0, 0.1) is 5.92 Å². The third-order valence-electron chi connectivity index (χ3n) is 3.83. The summed E-state index contributed by atoms with van der Waals surface area (Å²) >= 11 is 0. The van der Waals surface area contributed by atoms with Crippen LogP contribution in [-0.4, -0.2) is 36.3 Å². The number of amides is 2. The van der Waals surface area contributed by atoms with E-state index in [1.54, 1.807) is 11.8 Å². The third kappa shape index (κ3) is 9.01. The molecule has 0 atom stereocenters. The summed E-state index contributed by atoms with van der Waals surface area (Å²) in [6.45, 7) is 7.75. The van der Waals surface area contributed by atoms with E-state index < -0.39 is 0 Å². The Morgan fingerprint density at radius 2 is 1.83 bits per heavy atom. The van der Waals surface area contributed by atoms with Crippen LogP contribution in [0.25, 0.3) is 0 Å². The molecule has 0 saturated heterocycles. The monoisotopic (exact) mass is 318 g/mol. The smallest absolute Gasteiger partial charge is 0.221 e. The molecule has 1 aromatic carbocycles. The van der Waals surface area contributed by atoms with Gasteiger partial charge in [0.25, 0.3) is 0 Å². The summed E-state index contributed by atoms with van der Waals surface area (Å²) in [6.07, 6.45) is 3.23. The fourth-order valence-corrected chi connectivity index (χ4v) is 2.37. The van der Waals surface area contributed by atoms with Gasteiger partial charge >= 0.3 is 0 Å². The Labute approximate surface area is 140 Å². The van der Waals surface area contributed by atoms with Crippen LogP contribution >= 0.6 is 0 Å². The minimum Gasteiger partial charge on any atom is -0.356 e. The number of nitrogens with one attached hydrogen (secondary N) is 1. The SMILES string of the molecule is CC(=O)N(CCCc1ccccc1)CCC(=O)NCCC(C)C. The van der Waals surface area contributed by atoms with Crippen LogP contribution in [-0.2, 0) is 16.0 Å². The van der Waals surface area contributed by atoms with Gasteiger partial charge in [-0.1, -0.05) is 44.2 Å². The van der Waals surface area contributed by atoms with E-state index in [0.29, 0.717) is 32.0 Å². The van der Waals surface area contributed by atoms with Crippen molar-refractivity contribution < 1.29 is 9.59 Å². The Kier molecular flexibility index (Phi) is 9.03. The van der Waals surface area contributed by atoms with Crippen molar-refractivity contribution in [3.63, 3.8) is 0 Å². The van der Waals surface area contributed by atoms with Crippen LogP contribution < -0.4 is 5.32 Å². The quantitative estimate of drug-likeness (QED) is 0.721. The summed E-state index contributed by atoms with van der Waals surface area (Å²) in [4.78, 5) is 25.3. The minimum absolute atomic E-state index is 0.0277. The average molecular weight is 318 g/mol. The number of hydrogen-bond acceptors (Lipinski definition) is 2. The first kappa shape index (κ1) is 19.2. The fourth-order valence-electron chi connectivity index (χ4n) is 2.37. The third-order valence-corrected chi connectivity index (χ3v) is 3.83. The van der Waals surface area contributed by atoms with E-state index in [1.807, 2.05) is 18.2 Å². The van der Waals surface area contributed by atoms with E-state index >= 15 is 0 Å². The summed E-state index contributed by atoms with van der Waals surface area (Å²) in [5.41, 5.74) is 1.28. The summed E-state index contributed by atoms with van der Waals surface area (Å²) in [7, 11) is 0. The predicted octanol–water partition coefficient (Wildman–Crippen LogP) is 3.02. The molecule has 0 radical (unpaired) electrons. The van der Waals surface area contributed by atoms with Crippen LogP contribution in [0.5, 0.6) is 0 Å². The summed E-state index contributed by atoms with van der Waals surface area (Å²) in [5, 5.41) is 2.91. The molecule has 0 fully saturated rings. The highest BCUT2D eigenvalue weighted by molar-refractivity contribution is 5.77. The molecule has 0 bridgehead atoms. The van der Waals surface area contributed by atoms with Gasteiger partial charge in [0.1, 0.15) is 0 Å². The lowest BCUT2D eigenvalue weighted by atomic mass is 10.1. The second-order valence-electron chi connectivity index (χ2n) is 6.38. The zero-order valence-electron chi connectivity index (χ0n) is 14.7. The zero-order chi connectivity index (χ0) is 17.1. The highest BCUT2D eigenvalue weighted by Crippen LogP contribution is 2.04. The van der Waals surface area contributed by atoms with E-state index in [2.05, 4.69) is 31.3 Å². The lowest BCUT2D eigenvalue weighted by Crippen LogP contribution is -2.35. The number of rotatable bonds is 10. The molecule has 1 rings (SSSR count). The molecule has 1 aromatic rings. The van der Waals surface area contributed by atoms with Crippen molar-refractivity contribution in [1.82, 2.24) is 10.2 Å². The van der Waals surface area contributed by atoms with Gasteiger partial charge in [-0.2, -0.15) is 0 Å². The zero-order valence-corrected chi connectivity index (χ0v) is 14.7. The van der Waals surface area contributed by atoms with Gasteiger partial charge in [0.15, 0.2) is 0 Å². The molecule has 1 N–H and O–H groups in total. The number of carbonyl (C=O) groups excluding carboxylic acids is 2. The molecule has 128 valence electrons. The van der Waals surface area contributed by atoms with Gasteiger partial charge in [-0.25, -0.2) is 0 Å². The minimum atomic E-state index is 0.0277. The highest BCUT2D eigenvalue weighted by Gasteiger charge is 2.11. The molecule has 0 aliphatic rings. The van der Waals surface area contributed by atoms with Crippen LogP contribution in [0.3, 0.4) is 0 Å². The maximum absolute atomic E-state index is 11.8. The molecule has 4 nitrogen and oxygen atoms in total. The highest BCUT2D eigenvalue weighted by atomic mass is 16.2. The van der Waals surface area contributed by atoms with Crippen molar-refractivity contribution in [2.45, 2.75) is 46.5 Å². The van der Waals surface area contributed by atoms with Gasteiger partial charge in [0.05, 0.1) is 0 Å². The van der Waals surface area contributed by atoms with Crippen LogP contribution in [0.2, 0.25) is 0 Å². The molecule has 0 saturated carbocycles. The molecule has 0 aliphatic heterocycles. The van der Waals surface area contributed by atoms with E-state index in [0.717, 1.165) is 19.3 Å². The molecule has 2 amide bonds.